The molecule has 0 unspecified atom stereocenters. The lowest BCUT2D eigenvalue weighted by atomic mass is 9.50. The van der Waals surface area contributed by atoms with E-state index in [0.717, 1.165) is 53.5 Å². The molecule has 5 aliphatic rings. The van der Waals surface area contributed by atoms with Crippen molar-refractivity contribution in [1.29, 1.82) is 0 Å². The van der Waals surface area contributed by atoms with Crippen molar-refractivity contribution >= 4 is 22.5 Å². The van der Waals surface area contributed by atoms with E-state index in [9.17, 15) is 5.11 Å². The van der Waals surface area contributed by atoms with Gasteiger partial charge >= 0.3 is 0 Å². The van der Waals surface area contributed by atoms with E-state index in [-0.39, 0.29) is 17.7 Å². The number of hydrogen-bond acceptors (Lipinski definition) is 5. The van der Waals surface area contributed by atoms with Gasteiger partial charge in [0.25, 0.3) is 0 Å². The zero-order chi connectivity index (χ0) is 21.4. The third-order valence-electron chi connectivity index (χ3n) is 8.45. The first-order chi connectivity index (χ1) is 15.6. The van der Waals surface area contributed by atoms with Crippen LogP contribution in [0.2, 0.25) is 5.02 Å². The van der Waals surface area contributed by atoms with Crippen LogP contribution in [0.3, 0.4) is 0 Å². The van der Waals surface area contributed by atoms with Crippen LogP contribution in [0.15, 0.2) is 30.7 Å². The Morgan fingerprint density at radius 2 is 1.88 bits per heavy atom. The summed E-state index contributed by atoms with van der Waals surface area (Å²) >= 11 is 6.75. The lowest BCUT2D eigenvalue weighted by Gasteiger charge is -2.61. The topological polar surface area (TPSA) is 68.3 Å². The highest BCUT2D eigenvalue weighted by atomic mass is 35.5. The highest BCUT2D eigenvalue weighted by Crippen LogP contribution is 2.62. The van der Waals surface area contributed by atoms with Gasteiger partial charge in [0, 0.05) is 10.4 Å². The number of aromatic nitrogens is 4. The van der Waals surface area contributed by atoms with Crippen LogP contribution in [-0.2, 0) is 10.3 Å². The maximum Gasteiger partial charge on any atom is 0.103 e. The fourth-order valence-electron chi connectivity index (χ4n) is 6.40. The minimum atomic E-state index is -0.368. The number of fused-ring (bicyclic) bond motifs is 1. The molecule has 5 fully saturated rings. The molecule has 1 aromatic carbocycles. The smallest absolute Gasteiger partial charge is 0.103 e. The maximum atomic E-state index is 10.2. The molecule has 1 N–H and O–H groups in total. The number of hydrogen-bond donors (Lipinski definition) is 1. The summed E-state index contributed by atoms with van der Waals surface area (Å²) in [5, 5.41) is 21.4. The molecule has 0 spiro atoms. The molecule has 3 aliphatic carbocycles. The maximum absolute atomic E-state index is 10.2. The van der Waals surface area contributed by atoms with Crippen LogP contribution in [0.1, 0.15) is 43.6 Å². The van der Waals surface area contributed by atoms with Gasteiger partial charge in [0.1, 0.15) is 5.69 Å². The van der Waals surface area contributed by atoms with Crippen molar-refractivity contribution in [3.8, 4) is 5.69 Å². The molecule has 32 heavy (non-hydrogen) atoms. The average Bonchev–Trinajstić information content (AvgIpc) is 3.45. The van der Waals surface area contributed by atoms with Gasteiger partial charge in [0.05, 0.1) is 55.0 Å². The Hall–Kier alpha value is -1.93. The van der Waals surface area contributed by atoms with Crippen LogP contribution in [-0.4, -0.2) is 68.0 Å². The SMILES string of the molecule is O[C@@H]1COC[C@H]1N1CCC(c2cc3c(cnn3-c3cnn(C45CC(C4)C5)c3)cc2Cl)CC1. The molecular formula is C24H28ClN5O2. The average molecular weight is 454 g/mol. The summed E-state index contributed by atoms with van der Waals surface area (Å²) < 4.78 is 9.63. The second-order valence-corrected chi connectivity index (χ2v) is 10.7. The van der Waals surface area contributed by atoms with Gasteiger partial charge in [-0.05, 0) is 74.7 Å². The standard InChI is InChI=1S/C24H28ClN5O2/c25-20-5-17-10-27-30(18-11-26-29(12-18)24-7-15(8-24)9-24)21(17)6-19(20)16-1-3-28(4-2-16)22-13-32-14-23(22)31/h5-6,10-12,15-16,22-23,31H,1-4,7-9,13-14H2/t15?,22-,23-,24?/m1/s1. The van der Waals surface area contributed by atoms with Crippen molar-refractivity contribution < 1.29 is 9.84 Å². The Labute approximate surface area is 191 Å². The first-order valence-electron chi connectivity index (χ1n) is 11.8. The van der Waals surface area contributed by atoms with Gasteiger partial charge in [-0.25, -0.2) is 4.68 Å². The minimum Gasteiger partial charge on any atom is -0.389 e. The molecule has 0 amide bonds. The summed E-state index contributed by atoms with van der Waals surface area (Å²) in [4.78, 5) is 2.38. The van der Waals surface area contributed by atoms with Crippen LogP contribution >= 0.6 is 11.6 Å². The second kappa shape index (κ2) is 7.03. The summed E-state index contributed by atoms with van der Waals surface area (Å²) in [7, 11) is 0. The summed E-state index contributed by atoms with van der Waals surface area (Å²) in [6, 6.07) is 4.42. The number of aliphatic hydroxyl groups excluding tert-OH is 1. The quantitative estimate of drug-likeness (QED) is 0.656. The Kier molecular flexibility index (Phi) is 4.29. The van der Waals surface area contributed by atoms with Crippen molar-refractivity contribution in [3.63, 3.8) is 0 Å². The third-order valence-corrected chi connectivity index (χ3v) is 8.78. The number of benzene rings is 1. The van der Waals surface area contributed by atoms with Gasteiger partial charge in [-0.1, -0.05) is 11.6 Å². The normalized spacial score (nSPS) is 32.9. The number of rotatable bonds is 4. The van der Waals surface area contributed by atoms with Crippen LogP contribution in [0.4, 0.5) is 0 Å². The lowest BCUT2D eigenvalue weighted by Crippen LogP contribution is -2.59. The van der Waals surface area contributed by atoms with E-state index in [2.05, 4.69) is 38.1 Å². The van der Waals surface area contributed by atoms with Gasteiger partial charge in [-0.15, -0.1) is 0 Å². The molecule has 2 atom stereocenters. The Balaban J connectivity index is 1.15. The highest BCUT2D eigenvalue weighted by Gasteiger charge is 2.58. The van der Waals surface area contributed by atoms with Crippen molar-refractivity contribution in [2.75, 3.05) is 26.3 Å². The van der Waals surface area contributed by atoms with Crippen LogP contribution in [0.5, 0.6) is 0 Å². The second-order valence-electron chi connectivity index (χ2n) is 10.3. The monoisotopic (exact) mass is 453 g/mol. The number of halogens is 1. The molecule has 168 valence electrons. The molecule has 2 aromatic heterocycles. The van der Waals surface area contributed by atoms with E-state index in [4.69, 9.17) is 16.3 Å². The summed E-state index contributed by atoms with van der Waals surface area (Å²) in [5.41, 5.74) is 3.59. The van der Waals surface area contributed by atoms with Gasteiger partial charge in [0.2, 0.25) is 0 Å². The van der Waals surface area contributed by atoms with Crippen LogP contribution in [0, 0.1) is 5.92 Å². The predicted octanol–water partition coefficient (Wildman–Crippen LogP) is 3.32. The Morgan fingerprint density at radius 3 is 2.56 bits per heavy atom. The minimum absolute atomic E-state index is 0.132. The highest BCUT2D eigenvalue weighted by molar-refractivity contribution is 6.32. The van der Waals surface area contributed by atoms with Gasteiger partial charge in [0.15, 0.2) is 0 Å². The molecule has 4 heterocycles. The van der Waals surface area contributed by atoms with Crippen molar-refractivity contribution in [2.24, 2.45) is 5.92 Å². The third kappa shape index (κ3) is 2.84. The Bertz CT molecular complexity index is 1160. The molecule has 8 heteroatoms. The summed E-state index contributed by atoms with van der Waals surface area (Å²) in [5.74, 6) is 1.34. The van der Waals surface area contributed by atoms with Gasteiger partial charge < -0.3 is 9.84 Å². The molecule has 7 nitrogen and oxygen atoms in total. The van der Waals surface area contributed by atoms with Crippen molar-refractivity contribution in [2.45, 2.75) is 55.7 Å². The Morgan fingerprint density at radius 1 is 1.06 bits per heavy atom. The zero-order valence-corrected chi connectivity index (χ0v) is 18.8. The molecule has 3 aromatic rings. The molecule has 8 rings (SSSR count). The van der Waals surface area contributed by atoms with E-state index in [1.165, 1.54) is 24.8 Å². The zero-order valence-electron chi connectivity index (χ0n) is 18.0. The molecule has 2 saturated heterocycles. The number of likely N-dealkylation sites (tertiary alicyclic amines) is 1. The lowest BCUT2D eigenvalue weighted by molar-refractivity contribution is -0.0977. The van der Waals surface area contributed by atoms with E-state index in [0.29, 0.717) is 19.1 Å². The van der Waals surface area contributed by atoms with Crippen molar-refractivity contribution in [3.05, 3.63) is 41.3 Å². The molecular weight excluding hydrogens is 426 g/mol. The van der Waals surface area contributed by atoms with E-state index >= 15 is 0 Å². The van der Waals surface area contributed by atoms with Gasteiger partial charge in [-0.3, -0.25) is 9.58 Å². The number of nitrogens with zero attached hydrogens (tertiary/aromatic N) is 5. The van der Waals surface area contributed by atoms with E-state index in [1.807, 2.05) is 17.1 Å². The first-order valence-corrected chi connectivity index (χ1v) is 12.2. The summed E-state index contributed by atoms with van der Waals surface area (Å²) in [6.45, 7) is 3.00. The summed E-state index contributed by atoms with van der Waals surface area (Å²) in [6.07, 6.45) is 11.5. The number of aliphatic hydroxyl groups is 1. The fraction of sp³-hybridized carbons (Fsp3) is 0.583. The predicted molar refractivity (Wildman–Crippen MR) is 121 cm³/mol. The van der Waals surface area contributed by atoms with Crippen molar-refractivity contribution in [1.82, 2.24) is 24.5 Å². The van der Waals surface area contributed by atoms with E-state index < -0.39 is 0 Å². The molecule has 2 bridgehead atoms. The molecule has 3 saturated carbocycles. The first kappa shape index (κ1) is 19.5. The number of piperidine rings is 1. The number of ether oxygens (including phenoxy) is 1. The fourth-order valence-corrected chi connectivity index (χ4v) is 6.73. The van der Waals surface area contributed by atoms with Gasteiger partial charge in [-0.2, -0.15) is 10.2 Å². The molecule has 2 aliphatic heterocycles. The van der Waals surface area contributed by atoms with Crippen LogP contribution < -0.4 is 0 Å². The van der Waals surface area contributed by atoms with E-state index in [1.54, 1.807) is 0 Å². The largest absolute Gasteiger partial charge is 0.389 e. The van der Waals surface area contributed by atoms with Crippen LogP contribution in [0.25, 0.3) is 16.6 Å². The molecule has 0 radical (unpaired) electrons.